The predicted molar refractivity (Wildman–Crippen MR) is 72.5 cm³/mol. The van der Waals surface area contributed by atoms with Crippen molar-refractivity contribution < 1.29 is 9.90 Å². The van der Waals surface area contributed by atoms with Gasteiger partial charge in [0.2, 0.25) is 0 Å². The van der Waals surface area contributed by atoms with Gasteiger partial charge in [0.05, 0.1) is 0 Å². The Morgan fingerprint density at radius 1 is 1.26 bits per heavy atom. The van der Waals surface area contributed by atoms with Gasteiger partial charge in [-0.05, 0) is 18.4 Å². The molecule has 4 heteroatoms. The summed E-state index contributed by atoms with van der Waals surface area (Å²) in [7, 11) is 0. The highest BCUT2D eigenvalue weighted by molar-refractivity contribution is 5.80. The molecule has 0 radical (unpaired) electrons. The van der Waals surface area contributed by atoms with E-state index < -0.39 is 11.5 Å². The highest BCUT2D eigenvalue weighted by Gasteiger charge is 2.56. The summed E-state index contributed by atoms with van der Waals surface area (Å²) >= 11 is 0. The average Bonchev–Trinajstić information content (AvgIpc) is 2.60. The maximum absolute atomic E-state index is 11.5. The molecular weight excluding hydrogens is 240 g/mol. The molecule has 1 heterocycles. The summed E-state index contributed by atoms with van der Waals surface area (Å²) in [6.45, 7) is 2.49. The lowest BCUT2D eigenvalue weighted by Gasteiger charge is -2.42. The molecule has 1 aromatic rings. The minimum Gasteiger partial charge on any atom is -0.480 e. The Hall–Kier alpha value is -1.39. The van der Waals surface area contributed by atoms with Gasteiger partial charge >= 0.3 is 5.97 Å². The Bertz CT molecular complexity index is 460. The van der Waals surface area contributed by atoms with Gasteiger partial charge < -0.3 is 10.8 Å². The van der Waals surface area contributed by atoms with E-state index >= 15 is 0 Å². The molecule has 1 aliphatic carbocycles. The van der Waals surface area contributed by atoms with Crippen molar-refractivity contribution in [1.29, 1.82) is 0 Å². The molecule has 2 atom stereocenters. The first-order valence-corrected chi connectivity index (χ1v) is 6.89. The molecule has 2 bridgehead atoms. The second kappa shape index (κ2) is 4.62. The van der Waals surface area contributed by atoms with E-state index in [4.69, 9.17) is 5.73 Å². The number of fused-ring (bicyclic) bond motifs is 2. The van der Waals surface area contributed by atoms with Crippen LogP contribution < -0.4 is 5.73 Å². The molecule has 2 aliphatic rings. The summed E-state index contributed by atoms with van der Waals surface area (Å²) in [6, 6.07) is 10.3. The van der Waals surface area contributed by atoms with Crippen LogP contribution in [0.1, 0.15) is 18.4 Å². The van der Waals surface area contributed by atoms with E-state index in [1.807, 2.05) is 18.2 Å². The van der Waals surface area contributed by atoms with E-state index in [2.05, 4.69) is 17.0 Å². The Morgan fingerprint density at radius 3 is 2.37 bits per heavy atom. The van der Waals surface area contributed by atoms with Crippen molar-refractivity contribution in [2.75, 3.05) is 13.1 Å². The zero-order chi connectivity index (χ0) is 13.5. The lowest BCUT2D eigenvalue weighted by atomic mass is 9.78. The minimum absolute atomic E-state index is 0.0902. The number of nitrogens with two attached hydrogens (primary N) is 1. The molecule has 1 aromatic carbocycles. The normalized spacial score (nSPS) is 34.4. The number of rotatable bonds is 3. The van der Waals surface area contributed by atoms with E-state index in [-0.39, 0.29) is 11.8 Å². The molecule has 19 heavy (non-hydrogen) atoms. The third-order valence-electron chi connectivity index (χ3n) is 4.79. The van der Waals surface area contributed by atoms with Gasteiger partial charge in [-0.2, -0.15) is 0 Å². The molecule has 102 valence electrons. The van der Waals surface area contributed by atoms with Crippen molar-refractivity contribution in [2.24, 2.45) is 17.6 Å². The quantitative estimate of drug-likeness (QED) is 0.860. The molecule has 0 aromatic heterocycles. The van der Waals surface area contributed by atoms with Crippen molar-refractivity contribution in [3.63, 3.8) is 0 Å². The predicted octanol–water partition coefficient (Wildman–Crippen LogP) is 1.31. The summed E-state index contributed by atoms with van der Waals surface area (Å²) in [4.78, 5) is 13.8. The number of aliphatic carboxylic acids is 1. The Kier molecular flexibility index (Phi) is 3.07. The average molecular weight is 260 g/mol. The Morgan fingerprint density at radius 2 is 1.84 bits per heavy atom. The van der Waals surface area contributed by atoms with E-state index in [9.17, 15) is 9.90 Å². The molecule has 1 saturated carbocycles. The molecule has 4 nitrogen and oxygen atoms in total. The number of hydrogen-bond acceptors (Lipinski definition) is 3. The monoisotopic (exact) mass is 260 g/mol. The molecule has 0 spiro atoms. The number of carbonyl (C=O) groups is 1. The van der Waals surface area contributed by atoms with Crippen molar-refractivity contribution >= 4 is 5.97 Å². The molecule has 2 fully saturated rings. The number of carboxylic acids is 1. The van der Waals surface area contributed by atoms with Crippen LogP contribution in [0, 0.1) is 11.8 Å². The van der Waals surface area contributed by atoms with Crippen LogP contribution in [0.3, 0.4) is 0 Å². The smallest absolute Gasteiger partial charge is 0.324 e. The summed E-state index contributed by atoms with van der Waals surface area (Å²) in [5.41, 5.74) is 6.47. The fourth-order valence-electron chi connectivity index (χ4n) is 3.72. The van der Waals surface area contributed by atoms with Gasteiger partial charge in [-0.15, -0.1) is 0 Å². The van der Waals surface area contributed by atoms with Crippen molar-refractivity contribution in [2.45, 2.75) is 24.9 Å². The third kappa shape index (κ3) is 2.05. The van der Waals surface area contributed by atoms with Crippen LogP contribution in [0.5, 0.6) is 0 Å². The Labute approximate surface area is 113 Å². The van der Waals surface area contributed by atoms with Gasteiger partial charge in [-0.25, -0.2) is 0 Å². The maximum Gasteiger partial charge on any atom is 0.324 e. The number of benzene rings is 1. The first-order chi connectivity index (χ1) is 9.10. The van der Waals surface area contributed by atoms with Crippen molar-refractivity contribution in [3.8, 4) is 0 Å². The van der Waals surface area contributed by atoms with Crippen LogP contribution in [0.15, 0.2) is 30.3 Å². The van der Waals surface area contributed by atoms with Crippen LogP contribution in [0.25, 0.3) is 0 Å². The fourth-order valence-corrected chi connectivity index (χ4v) is 3.72. The van der Waals surface area contributed by atoms with E-state index in [0.29, 0.717) is 0 Å². The van der Waals surface area contributed by atoms with Crippen molar-refractivity contribution in [1.82, 2.24) is 4.90 Å². The van der Waals surface area contributed by atoms with Crippen molar-refractivity contribution in [3.05, 3.63) is 35.9 Å². The first kappa shape index (κ1) is 12.6. The molecular formula is C15H20N2O2. The Balaban J connectivity index is 1.73. The molecule has 0 amide bonds. The fraction of sp³-hybridized carbons (Fsp3) is 0.533. The van der Waals surface area contributed by atoms with Gasteiger partial charge in [-0.3, -0.25) is 9.69 Å². The molecule has 0 unspecified atom stereocenters. The first-order valence-electron chi connectivity index (χ1n) is 6.89. The SMILES string of the molecule is NC1(C(=O)O)[C@H]2CC[C@H]1CN(Cc1ccccc1)C2. The molecule has 3 rings (SSSR count). The zero-order valence-corrected chi connectivity index (χ0v) is 11.0. The zero-order valence-electron chi connectivity index (χ0n) is 11.0. The second-order valence-electron chi connectivity index (χ2n) is 5.89. The maximum atomic E-state index is 11.5. The standard InChI is InChI=1S/C15H20N2O2/c16-15(14(18)19)12-6-7-13(15)10-17(9-12)8-11-4-2-1-3-5-11/h1-5,12-13H,6-10,16H2,(H,18,19)/t12-,13-/m0/s1. The molecule has 1 saturated heterocycles. The topological polar surface area (TPSA) is 66.6 Å². The van der Waals surface area contributed by atoms with Gasteiger partial charge in [0.15, 0.2) is 0 Å². The van der Waals surface area contributed by atoms with E-state index in [0.717, 1.165) is 32.5 Å². The van der Waals surface area contributed by atoms with Gasteiger partial charge in [-0.1, -0.05) is 30.3 Å². The number of hydrogen-bond donors (Lipinski definition) is 2. The summed E-state index contributed by atoms with van der Waals surface area (Å²) < 4.78 is 0. The summed E-state index contributed by atoms with van der Waals surface area (Å²) in [6.07, 6.45) is 1.89. The van der Waals surface area contributed by atoms with Crippen LogP contribution >= 0.6 is 0 Å². The highest BCUT2D eigenvalue weighted by Crippen LogP contribution is 2.43. The molecule has 1 aliphatic heterocycles. The number of nitrogens with zero attached hydrogens (tertiary/aromatic N) is 1. The van der Waals surface area contributed by atoms with E-state index in [1.54, 1.807) is 0 Å². The summed E-state index contributed by atoms with van der Waals surface area (Å²) in [5, 5.41) is 9.41. The van der Waals surface area contributed by atoms with E-state index in [1.165, 1.54) is 5.56 Å². The van der Waals surface area contributed by atoms with Gasteiger partial charge in [0.1, 0.15) is 5.54 Å². The lowest BCUT2D eigenvalue weighted by Crippen LogP contribution is -2.63. The van der Waals surface area contributed by atoms with Crippen LogP contribution in [0.4, 0.5) is 0 Å². The van der Waals surface area contributed by atoms with Crippen LogP contribution in [-0.4, -0.2) is 34.6 Å². The van der Waals surface area contributed by atoms with Crippen LogP contribution in [-0.2, 0) is 11.3 Å². The summed E-state index contributed by atoms with van der Waals surface area (Å²) in [5.74, 6) is -0.640. The third-order valence-corrected chi connectivity index (χ3v) is 4.79. The van der Waals surface area contributed by atoms with Gasteiger partial charge in [0.25, 0.3) is 0 Å². The number of piperidine rings is 1. The minimum atomic E-state index is -0.993. The highest BCUT2D eigenvalue weighted by atomic mass is 16.4. The van der Waals surface area contributed by atoms with Crippen LogP contribution in [0.2, 0.25) is 0 Å². The number of carboxylic acid groups (broad SMARTS) is 1. The molecule has 3 N–H and O–H groups in total. The second-order valence-corrected chi connectivity index (χ2v) is 5.89. The largest absolute Gasteiger partial charge is 0.480 e. The lowest BCUT2D eigenvalue weighted by molar-refractivity contribution is -0.149. The number of likely N-dealkylation sites (tertiary alicyclic amines) is 1. The van der Waals surface area contributed by atoms with Gasteiger partial charge in [0, 0.05) is 31.5 Å².